The van der Waals surface area contributed by atoms with E-state index in [4.69, 9.17) is 0 Å². The monoisotopic (exact) mass is 421 g/mol. The molecule has 0 saturated carbocycles. The number of anilines is 1. The smallest absolute Gasteiger partial charge is 0.422 e. The number of aromatic nitrogens is 3. The average Bonchev–Trinajstić information content (AvgIpc) is 3.06. The summed E-state index contributed by atoms with van der Waals surface area (Å²) in [5, 5.41) is 17.7. The van der Waals surface area contributed by atoms with Gasteiger partial charge in [-0.1, -0.05) is 0 Å². The lowest BCUT2D eigenvalue weighted by atomic mass is 10.2. The van der Waals surface area contributed by atoms with Gasteiger partial charge in [0.2, 0.25) is 5.88 Å². The van der Waals surface area contributed by atoms with E-state index < -0.39 is 23.6 Å². The summed E-state index contributed by atoms with van der Waals surface area (Å²) >= 11 is 0. The lowest BCUT2D eigenvalue weighted by Gasteiger charge is -2.10. The number of nitro groups is 1. The third-order valence-corrected chi connectivity index (χ3v) is 3.76. The molecule has 3 aromatic rings. The topological polar surface area (TPSA) is 112 Å². The van der Waals surface area contributed by atoms with Gasteiger partial charge in [-0.25, -0.2) is 9.67 Å². The molecule has 0 aliphatic carbocycles. The Morgan fingerprint density at radius 3 is 2.50 bits per heavy atom. The number of hydrogen-bond donors (Lipinski definition) is 1. The fraction of sp³-hybridized carbons (Fsp3) is 0.167. The van der Waals surface area contributed by atoms with Crippen LogP contribution in [0.5, 0.6) is 5.88 Å². The molecule has 0 aliphatic rings. The molecule has 1 aromatic carbocycles. The summed E-state index contributed by atoms with van der Waals surface area (Å²) in [5.41, 5.74) is 1.06. The number of nitrogens with one attached hydrogen (secondary N) is 1. The van der Waals surface area contributed by atoms with Crippen LogP contribution in [0.3, 0.4) is 0 Å². The Morgan fingerprint density at radius 1 is 1.23 bits per heavy atom. The first-order valence-corrected chi connectivity index (χ1v) is 8.41. The minimum Gasteiger partial charge on any atom is -0.468 e. The molecule has 0 unspecified atom stereocenters. The molecule has 0 fully saturated rings. The van der Waals surface area contributed by atoms with Gasteiger partial charge in [-0.3, -0.25) is 14.9 Å². The van der Waals surface area contributed by atoms with E-state index in [-0.39, 0.29) is 17.1 Å². The molecule has 3 rings (SSSR count). The molecule has 1 amide bonds. The first-order valence-electron chi connectivity index (χ1n) is 8.41. The fourth-order valence-corrected chi connectivity index (χ4v) is 2.45. The second-order valence-electron chi connectivity index (χ2n) is 6.10. The SMILES string of the molecule is Cc1cc(NC(=O)c2ccc(OCC(F)(F)F)nc2)n(-c2ccc([N+](=O)[O-])cc2)n1. The van der Waals surface area contributed by atoms with Crippen LogP contribution in [0.2, 0.25) is 0 Å². The number of benzene rings is 1. The summed E-state index contributed by atoms with van der Waals surface area (Å²) in [5.74, 6) is -0.549. The van der Waals surface area contributed by atoms with Gasteiger partial charge in [-0.2, -0.15) is 18.3 Å². The van der Waals surface area contributed by atoms with Crippen molar-refractivity contribution in [3.63, 3.8) is 0 Å². The number of carbonyl (C=O) groups is 1. The van der Waals surface area contributed by atoms with Crippen molar-refractivity contribution in [2.75, 3.05) is 11.9 Å². The molecule has 2 heterocycles. The maximum absolute atomic E-state index is 12.5. The first kappa shape index (κ1) is 20.8. The molecule has 9 nitrogen and oxygen atoms in total. The van der Waals surface area contributed by atoms with Gasteiger partial charge in [0, 0.05) is 30.5 Å². The Balaban J connectivity index is 1.75. The van der Waals surface area contributed by atoms with Crippen LogP contribution >= 0.6 is 0 Å². The maximum Gasteiger partial charge on any atom is 0.422 e. The van der Waals surface area contributed by atoms with Crippen LogP contribution in [0.1, 0.15) is 16.1 Å². The average molecular weight is 421 g/mol. The van der Waals surface area contributed by atoms with Crippen LogP contribution in [0, 0.1) is 17.0 Å². The largest absolute Gasteiger partial charge is 0.468 e. The highest BCUT2D eigenvalue weighted by molar-refractivity contribution is 6.03. The van der Waals surface area contributed by atoms with E-state index in [1.165, 1.54) is 35.0 Å². The maximum atomic E-state index is 12.5. The fourth-order valence-electron chi connectivity index (χ4n) is 2.45. The molecule has 0 atom stereocenters. The summed E-state index contributed by atoms with van der Waals surface area (Å²) in [6, 6.07) is 9.59. The molecule has 156 valence electrons. The number of carbonyl (C=O) groups excluding carboxylic acids is 1. The summed E-state index contributed by atoms with van der Waals surface area (Å²) in [4.78, 5) is 26.4. The van der Waals surface area contributed by atoms with Crippen molar-refractivity contribution >= 4 is 17.4 Å². The van der Waals surface area contributed by atoms with Gasteiger partial charge < -0.3 is 10.1 Å². The van der Waals surface area contributed by atoms with E-state index in [0.717, 1.165) is 12.3 Å². The van der Waals surface area contributed by atoms with Crippen LogP contribution < -0.4 is 10.1 Å². The number of pyridine rings is 1. The molecule has 30 heavy (non-hydrogen) atoms. The van der Waals surface area contributed by atoms with E-state index in [0.29, 0.717) is 17.2 Å². The predicted molar refractivity (Wildman–Crippen MR) is 98.7 cm³/mol. The van der Waals surface area contributed by atoms with Crippen LogP contribution in [0.15, 0.2) is 48.7 Å². The lowest BCUT2D eigenvalue weighted by Crippen LogP contribution is -2.20. The number of amides is 1. The number of alkyl halides is 3. The van der Waals surface area contributed by atoms with E-state index in [1.807, 2.05) is 0 Å². The number of halogens is 3. The van der Waals surface area contributed by atoms with Crippen LogP contribution in [-0.2, 0) is 0 Å². The lowest BCUT2D eigenvalue weighted by molar-refractivity contribution is -0.384. The van der Waals surface area contributed by atoms with E-state index >= 15 is 0 Å². The Kier molecular flexibility index (Phi) is 5.67. The highest BCUT2D eigenvalue weighted by Crippen LogP contribution is 2.21. The molecular weight excluding hydrogens is 407 g/mol. The van der Waals surface area contributed by atoms with Gasteiger partial charge in [-0.05, 0) is 25.1 Å². The van der Waals surface area contributed by atoms with Crippen molar-refractivity contribution in [2.24, 2.45) is 0 Å². The number of ether oxygens (including phenoxy) is 1. The number of nitro benzene ring substituents is 1. The highest BCUT2D eigenvalue weighted by atomic mass is 19.4. The van der Waals surface area contributed by atoms with Gasteiger partial charge in [-0.15, -0.1) is 0 Å². The number of rotatable bonds is 6. The number of hydrogen-bond acceptors (Lipinski definition) is 6. The van der Waals surface area contributed by atoms with E-state index in [9.17, 15) is 28.1 Å². The standard InChI is InChI=1S/C18H14F3N5O4/c1-11-8-15(25(24-11)13-3-5-14(6-4-13)26(28)29)23-17(27)12-2-7-16(22-9-12)30-10-18(19,20)21/h2-9H,10H2,1H3,(H,23,27). The predicted octanol–water partition coefficient (Wildman–Crippen LogP) is 3.68. The van der Waals surface area contributed by atoms with Gasteiger partial charge in [0.25, 0.3) is 11.6 Å². The quantitative estimate of drug-likeness (QED) is 0.480. The first-order chi connectivity index (χ1) is 14.1. The van der Waals surface area contributed by atoms with E-state index in [1.54, 1.807) is 13.0 Å². The van der Waals surface area contributed by atoms with E-state index in [2.05, 4.69) is 20.1 Å². The van der Waals surface area contributed by atoms with Crippen molar-refractivity contribution in [3.05, 3.63) is 70.0 Å². The minimum atomic E-state index is -4.49. The number of nitrogens with zero attached hydrogens (tertiary/aromatic N) is 4. The second-order valence-corrected chi connectivity index (χ2v) is 6.10. The highest BCUT2D eigenvalue weighted by Gasteiger charge is 2.28. The van der Waals surface area contributed by atoms with Crippen LogP contribution in [0.4, 0.5) is 24.7 Å². The van der Waals surface area contributed by atoms with Gasteiger partial charge in [0.05, 0.1) is 21.9 Å². The van der Waals surface area contributed by atoms with Crippen molar-refractivity contribution in [1.82, 2.24) is 14.8 Å². The second kappa shape index (κ2) is 8.19. The molecule has 12 heteroatoms. The van der Waals surface area contributed by atoms with Crippen LogP contribution in [0.25, 0.3) is 5.69 Å². The molecule has 0 bridgehead atoms. The zero-order valence-corrected chi connectivity index (χ0v) is 15.4. The Morgan fingerprint density at radius 2 is 1.93 bits per heavy atom. The Hall–Kier alpha value is -3.96. The summed E-state index contributed by atoms with van der Waals surface area (Å²) in [6.07, 6.45) is -3.41. The van der Waals surface area contributed by atoms with Gasteiger partial charge >= 0.3 is 6.18 Å². The molecule has 0 radical (unpaired) electrons. The number of non-ortho nitro benzene ring substituents is 1. The third kappa shape index (κ3) is 5.10. The molecule has 0 aliphatic heterocycles. The molecule has 0 saturated heterocycles. The van der Waals surface area contributed by atoms with Crippen molar-refractivity contribution in [1.29, 1.82) is 0 Å². The van der Waals surface area contributed by atoms with Gasteiger partial charge in [0.15, 0.2) is 6.61 Å². The molecule has 2 aromatic heterocycles. The summed E-state index contributed by atoms with van der Waals surface area (Å²) in [6.45, 7) is 0.213. The van der Waals surface area contributed by atoms with Crippen molar-refractivity contribution in [2.45, 2.75) is 13.1 Å². The summed E-state index contributed by atoms with van der Waals surface area (Å²) in [7, 11) is 0. The zero-order valence-electron chi connectivity index (χ0n) is 15.4. The number of aryl methyl sites for hydroxylation is 1. The molecule has 0 spiro atoms. The van der Waals surface area contributed by atoms with Crippen LogP contribution in [-0.4, -0.2) is 38.4 Å². The third-order valence-electron chi connectivity index (χ3n) is 3.76. The molecule has 1 N–H and O–H groups in total. The minimum absolute atomic E-state index is 0.0865. The van der Waals surface area contributed by atoms with Crippen molar-refractivity contribution < 1.29 is 27.6 Å². The van der Waals surface area contributed by atoms with Gasteiger partial charge in [0.1, 0.15) is 5.82 Å². The Labute approximate surface area is 167 Å². The zero-order chi connectivity index (χ0) is 21.9. The molecular formula is C18H14F3N5O4. The normalized spacial score (nSPS) is 11.2. The Bertz CT molecular complexity index is 1060. The summed E-state index contributed by atoms with van der Waals surface area (Å²) < 4.78 is 42.4. The van der Waals surface area contributed by atoms with Crippen molar-refractivity contribution in [3.8, 4) is 11.6 Å².